The quantitative estimate of drug-likeness (QED) is 0.539. The van der Waals surface area contributed by atoms with E-state index in [9.17, 15) is 0 Å². The lowest BCUT2D eigenvalue weighted by atomic mass is 10.1. The second-order valence-electron chi connectivity index (χ2n) is 7.57. The van der Waals surface area contributed by atoms with Crippen LogP contribution in [-0.4, -0.2) is 28.7 Å². The van der Waals surface area contributed by atoms with Gasteiger partial charge in [0.25, 0.3) is 0 Å². The molecule has 0 bridgehead atoms. The zero-order valence-corrected chi connectivity index (χ0v) is 15.7. The third-order valence-corrected chi connectivity index (χ3v) is 3.99. The molecule has 2 aromatic carbocycles. The molecule has 0 saturated heterocycles. The van der Waals surface area contributed by atoms with Gasteiger partial charge in [-0.05, 0) is 46.0 Å². The van der Waals surface area contributed by atoms with E-state index in [4.69, 9.17) is 5.10 Å². The molecule has 4 heteroatoms. The van der Waals surface area contributed by atoms with Crippen LogP contribution < -0.4 is 4.68 Å². The van der Waals surface area contributed by atoms with Gasteiger partial charge in [-0.2, -0.15) is 4.68 Å². The van der Waals surface area contributed by atoms with Crippen LogP contribution in [0.25, 0.3) is 17.1 Å². The van der Waals surface area contributed by atoms with Gasteiger partial charge in [0.2, 0.25) is 6.33 Å². The van der Waals surface area contributed by atoms with Crippen LogP contribution in [0.5, 0.6) is 0 Å². The molecular weight excluding hydrogens is 308 g/mol. The van der Waals surface area contributed by atoms with E-state index in [1.54, 1.807) is 0 Å². The minimum Gasteiger partial charge on any atom is -0.336 e. The maximum Gasteiger partial charge on any atom is 0.235 e. The third kappa shape index (κ3) is 3.80. The fraction of sp³-hybridized carbons (Fsp3) is 0.333. The van der Waals surface area contributed by atoms with E-state index in [0.29, 0.717) is 0 Å². The summed E-state index contributed by atoms with van der Waals surface area (Å²) in [5.41, 5.74) is 3.32. The lowest BCUT2D eigenvalue weighted by Gasteiger charge is -2.17. The van der Waals surface area contributed by atoms with Gasteiger partial charge in [0.05, 0.1) is 0 Å². The molecule has 3 rings (SSSR count). The number of benzene rings is 2. The second-order valence-corrected chi connectivity index (χ2v) is 7.57. The highest BCUT2D eigenvalue weighted by atomic mass is 15.4. The van der Waals surface area contributed by atoms with Crippen LogP contribution in [-0.2, 0) is 12.1 Å². The Kier molecular flexibility index (Phi) is 4.73. The third-order valence-electron chi connectivity index (χ3n) is 3.99. The summed E-state index contributed by atoms with van der Waals surface area (Å²) in [6, 6.07) is 18.7. The normalized spacial score (nSPS) is 11.9. The van der Waals surface area contributed by atoms with Crippen molar-refractivity contribution in [2.24, 2.45) is 0 Å². The summed E-state index contributed by atoms with van der Waals surface area (Å²) in [5.74, 6) is 0.904. The van der Waals surface area contributed by atoms with E-state index < -0.39 is 0 Å². The number of hydrogen-bond donors (Lipinski definition) is 0. The Labute approximate surface area is 150 Å². The van der Waals surface area contributed by atoms with Gasteiger partial charge < -0.3 is 9.47 Å². The molecule has 0 radical (unpaired) electrons. The maximum atomic E-state index is 4.86. The van der Waals surface area contributed by atoms with Crippen LogP contribution in [0.4, 0.5) is 0 Å². The molecule has 0 aliphatic rings. The number of hydrogen-bond acceptors (Lipinski definition) is 2. The van der Waals surface area contributed by atoms with E-state index in [1.807, 2.05) is 22.9 Å². The fourth-order valence-electron chi connectivity index (χ4n) is 2.75. The van der Waals surface area contributed by atoms with Crippen molar-refractivity contribution < 1.29 is 4.68 Å². The lowest BCUT2D eigenvalue weighted by Crippen LogP contribution is -2.51. The summed E-state index contributed by atoms with van der Waals surface area (Å²) in [7, 11) is 4.17. The van der Waals surface area contributed by atoms with Crippen molar-refractivity contribution in [3.63, 3.8) is 0 Å². The Morgan fingerprint density at radius 3 is 2.28 bits per heavy atom. The molecular formula is C21H26N4. The molecule has 0 atom stereocenters. The molecule has 0 aliphatic heterocycles. The first kappa shape index (κ1) is 17.4. The molecule has 4 nitrogen and oxygen atoms in total. The molecule has 0 aliphatic carbocycles. The van der Waals surface area contributed by atoms with Gasteiger partial charge in [0, 0.05) is 12.2 Å². The first-order valence-electron chi connectivity index (χ1n) is 8.59. The summed E-state index contributed by atoms with van der Waals surface area (Å²) in [6.45, 7) is 7.29. The van der Waals surface area contributed by atoms with Gasteiger partial charge >= 0.3 is 0 Å². The smallest absolute Gasteiger partial charge is 0.235 e. The molecule has 0 N–H and O–H groups in total. The minimum atomic E-state index is -0.134. The molecule has 0 unspecified atom stereocenters. The van der Waals surface area contributed by atoms with Gasteiger partial charge in [-0.15, -0.1) is 5.10 Å². The molecule has 0 fully saturated rings. The summed E-state index contributed by atoms with van der Waals surface area (Å²) in [6.07, 6.45) is 3.45. The van der Waals surface area contributed by atoms with Gasteiger partial charge in [-0.1, -0.05) is 54.6 Å². The Bertz CT molecular complexity index is 842. The molecule has 1 heterocycles. The Balaban J connectivity index is 2.21. The van der Waals surface area contributed by atoms with Crippen molar-refractivity contribution in [2.45, 2.75) is 32.9 Å². The average Bonchev–Trinajstić information content (AvgIpc) is 3.01. The van der Waals surface area contributed by atoms with Crippen molar-refractivity contribution in [1.82, 2.24) is 14.6 Å². The largest absolute Gasteiger partial charge is 0.336 e. The number of aromatic nitrogens is 3. The highest BCUT2D eigenvalue weighted by Gasteiger charge is 2.22. The summed E-state index contributed by atoms with van der Waals surface area (Å²) < 4.78 is 4.00. The van der Waals surface area contributed by atoms with E-state index in [2.05, 4.69) is 87.1 Å². The first-order chi connectivity index (χ1) is 11.9. The van der Waals surface area contributed by atoms with E-state index in [-0.39, 0.29) is 5.54 Å². The summed E-state index contributed by atoms with van der Waals surface area (Å²) in [4.78, 5) is 2.18. The molecule has 0 amide bonds. The Hall–Kier alpha value is -2.46. The van der Waals surface area contributed by atoms with Crippen LogP contribution in [0.3, 0.4) is 0 Å². The van der Waals surface area contributed by atoms with E-state index in [1.165, 1.54) is 5.56 Å². The monoisotopic (exact) mass is 334 g/mol. The average molecular weight is 334 g/mol. The molecule has 3 aromatic rings. The Morgan fingerprint density at radius 1 is 1.00 bits per heavy atom. The number of para-hydroxylation sites is 1. The SMILES string of the molecule is CN(C)Cc1ccccc1-n1[c-][n+](C(C)(C)C)nc1-c1ccccc1. The first-order valence-corrected chi connectivity index (χ1v) is 8.59. The van der Waals surface area contributed by atoms with Crippen molar-refractivity contribution in [3.8, 4) is 17.1 Å². The molecule has 130 valence electrons. The van der Waals surface area contributed by atoms with Crippen molar-refractivity contribution >= 4 is 0 Å². The van der Waals surface area contributed by atoms with Gasteiger partial charge in [-0.25, -0.2) is 0 Å². The van der Waals surface area contributed by atoms with E-state index >= 15 is 0 Å². The van der Waals surface area contributed by atoms with Crippen molar-refractivity contribution in [1.29, 1.82) is 0 Å². The highest BCUT2D eigenvalue weighted by molar-refractivity contribution is 5.58. The molecule has 1 aromatic heterocycles. The zero-order chi connectivity index (χ0) is 18.0. The summed E-state index contributed by atoms with van der Waals surface area (Å²) in [5, 5.41) is 4.86. The van der Waals surface area contributed by atoms with Gasteiger partial charge in [-0.3, -0.25) is 0 Å². The summed E-state index contributed by atoms with van der Waals surface area (Å²) >= 11 is 0. The van der Waals surface area contributed by atoms with Crippen LogP contribution in [0.2, 0.25) is 0 Å². The minimum absolute atomic E-state index is 0.134. The predicted molar refractivity (Wildman–Crippen MR) is 100 cm³/mol. The van der Waals surface area contributed by atoms with Gasteiger partial charge in [0.1, 0.15) is 5.54 Å². The van der Waals surface area contributed by atoms with Gasteiger partial charge in [0.15, 0.2) is 5.82 Å². The highest BCUT2D eigenvalue weighted by Crippen LogP contribution is 2.23. The topological polar surface area (TPSA) is 24.9 Å². The van der Waals surface area contributed by atoms with E-state index in [0.717, 1.165) is 23.6 Å². The van der Waals surface area contributed by atoms with Crippen LogP contribution in [0, 0.1) is 6.33 Å². The number of nitrogens with zero attached hydrogens (tertiary/aromatic N) is 4. The lowest BCUT2D eigenvalue weighted by molar-refractivity contribution is -0.807. The van der Waals surface area contributed by atoms with Crippen molar-refractivity contribution in [3.05, 3.63) is 66.5 Å². The zero-order valence-electron chi connectivity index (χ0n) is 15.7. The maximum absolute atomic E-state index is 4.86. The standard InChI is InChI=1S/C21H26N4/c1-21(2,3)25-16-24(20(22-25)17-11-7-6-8-12-17)19-14-10-9-13-18(19)15-23(4)5/h6-14H,15H2,1-5H3. The van der Waals surface area contributed by atoms with Crippen LogP contribution in [0.1, 0.15) is 26.3 Å². The van der Waals surface area contributed by atoms with Crippen LogP contribution >= 0.6 is 0 Å². The number of rotatable bonds is 4. The molecule has 0 spiro atoms. The van der Waals surface area contributed by atoms with Crippen LogP contribution in [0.15, 0.2) is 54.6 Å². The Morgan fingerprint density at radius 2 is 1.64 bits per heavy atom. The fourth-order valence-corrected chi connectivity index (χ4v) is 2.75. The predicted octanol–water partition coefficient (Wildman–Crippen LogP) is 3.44. The molecule has 25 heavy (non-hydrogen) atoms. The molecule has 0 saturated carbocycles. The van der Waals surface area contributed by atoms with Crippen molar-refractivity contribution in [2.75, 3.05) is 14.1 Å². The second kappa shape index (κ2) is 6.81.